The normalized spacial score (nSPS) is 23.5. The molecule has 0 spiro atoms. The first-order chi connectivity index (χ1) is 7.79. The van der Waals surface area contributed by atoms with E-state index in [0.29, 0.717) is 12.1 Å². The second kappa shape index (κ2) is 6.12. The van der Waals surface area contributed by atoms with Crippen molar-refractivity contribution >= 4 is 16.9 Å². The molecule has 0 fully saturated rings. The van der Waals surface area contributed by atoms with E-state index in [4.69, 9.17) is 4.99 Å². The Bertz CT molecular complexity index is 266. The fourth-order valence-electron chi connectivity index (χ4n) is 2.19. The zero-order valence-corrected chi connectivity index (χ0v) is 13.0. The number of aliphatic imine (C=N–C) groups is 1. The minimum Gasteiger partial charge on any atom is -0.362 e. The van der Waals surface area contributed by atoms with Crippen molar-refractivity contribution in [3.63, 3.8) is 0 Å². The van der Waals surface area contributed by atoms with E-state index in [0.717, 1.165) is 11.1 Å². The summed E-state index contributed by atoms with van der Waals surface area (Å²) >= 11 is 1.88. The van der Waals surface area contributed by atoms with Gasteiger partial charge in [-0.05, 0) is 31.1 Å². The largest absolute Gasteiger partial charge is 0.362 e. The van der Waals surface area contributed by atoms with Crippen molar-refractivity contribution in [2.45, 2.75) is 66.5 Å². The number of hydrogen-bond acceptors (Lipinski definition) is 3. The molecule has 3 heteroatoms. The number of nitrogens with one attached hydrogen (secondary N) is 1. The molecule has 2 nitrogen and oxygen atoms in total. The average Bonchev–Trinajstić information content (AvgIpc) is 2.15. The number of rotatable bonds is 3. The molecule has 0 bridgehead atoms. The summed E-state index contributed by atoms with van der Waals surface area (Å²) < 4.78 is 0. The Kier molecular flexibility index (Phi) is 5.36. The lowest BCUT2D eigenvalue weighted by Crippen LogP contribution is -2.37. The van der Waals surface area contributed by atoms with Gasteiger partial charge in [0.1, 0.15) is 0 Å². The highest BCUT2D eigenvalue weighted by molar-refractivity contribution is 8.13. The maximum atomic E-state index is 4.87. The Morgan fingerprint density at radius 3 is 2.53 bits per heavy atom. The lowest BCUT2D eigenvalue weighted by atomic mass is 9.85. The molecule has 2 atom stereocenters. The number of amidine groups is 1. The molecule has 1 aliphatic heterocycles. The molecule has 1 N–H and O–H groups in total. The van der Waals surface area contributed by atoms with Crippen LogP contribution in [0.1, 0.15) is 54.4 Å². The fraction of sp³-hybridized carbons (Fsp3) is 0.929. The van der Waals surface area contributed by atoms with Crippen LogP contribution in [0.3, 0.4) is 0 Å². The third-order valence-electron chi connectivity index (χ3n) is 3.10. The van der Waals surface area contributed by atoms with Crippen molar-refractivity contribution in [2.24, 2.45) is 16.3 Å². The van der Waals surface area contributed by atoms with Gasteiger partial charge in [0.15, 0.2) is 5.17 Å². The topological polar surface area (TPSA) is 24.4 Å². The molecule has 1 rings (SSSR count). The van der Waals surface area contributed by atoms with Crippen molar-refractivity contribution in [3.8, 4) is 0 Å². The Morgan fingerprint density at radius 2 is 2.00 bits per heavy atom. The molecule has 0 radical (unpaired) electrons. The maximum Gasteiger partial charge on any atom is 0.157 e. The monoisotopic (exact) mass is 256 g/mol. The molecular formula is C14H28N2S. The van der Waals surface area contributed by atoms with Crippen LogP contribution in [-0.2, 0) is 0 Å². The van der Waals surface area contributed by atoms with Crippen LogP contribution >= 0.6 is 11.8 Å². The number of hydrogen-bond donors (Lipinski definition) is 1. The van der Waals surface area contributed by atoms with Crippen LogP contribution in [0.4, 0.5) is 0 Å². The van der Waals surface area contributed by atoms with Gasteiger partial charge in [-0.15, -0.1) is 0 Å². The molecule has 1 heterocycles. The van der Waals surface area contributed by atoms with Gasteiger partial charge in [0.25, 0.3) is 0 Å². The van der Waals surface area contributed by atoms with Crippen LogP contribution in [0.5, 0.6) is 0 Å². The molecule has 0 saturated carbocycles. The van der Waals surface area contributed by atoms with E-state index < -0.39 is 0 Å². The molecule has 0 saturated heterocycles. The summed E-state index contributed by atoms with van der Waals surface area (Å²) in [5.41, 5.74) is 0.287. The van der Waals surface area contributed by atoms with E-state index in [-0.39, 0.29) is 5.41 Å². The number of thioether (sulfide) groups is 1. The highest BCUT2D eigenvalue weighted by Crippen LogP contribution is 2.30. The lowest BCUT2D eigenvalue weighted by molar-refractivity contribution is 0.315. The van der Waals surface area contributed by atoms with E-state index in [2.05, 4.69) is 46.9 Å². The summed E-state index contributed by atoms with van der Waals surface area (Å²) in [6.07, 6.45) is 2.41. The predicted molar refractivity (Wildman–Crippen MR) is 79.8 cm³/mol. The van der Waals surface area contributed by atoms with Gasteiger partial charge in [0.2, 0.25) is 0 Å². The van der Waals surface area contributed by atoms with Crippen LogP contribution in [0.15, 0.2) is 4.99 Å². The molecule has 17 heavy (non-hydrogen) atoms. The van der Waals surface area contributed by atoms with Crippen LogP contribution < -0.4 is 5.32 Å². The van der Waals surface area contributed by atoms with Crippen molar-refractivity contribution < 1.29 is 0 Å². The molecule has 0 aromatic carbocycles. The third kappa shape index (κ3) is 5.33. The molecule has 100 valence electrons. The predicted octanol–water partition coefficient (Wildman–Crippen LogP) is 3.92. The fourth-order valence-corrected chi connectivity index (χ4v) is 3.21. The zero-order chi connectivity index (χ0) is 13.1. The van der Waals surface area contributed by atoms with E-state index in [1.54, 1.807) is 0 Å². The Balaban J connectivity index is 2.56. The van der Waals surface area contributed by atoms with Gasteiger partial charge in [-0.25, -0.2) is 0 Å². The van der Waals surface area contributed by atoms with Gasteiger partial charge in [0, 0.05) is 11.8 Å². The molecule has 0 aromatic heterocycles. The van der Waals surface area contributed by atoms with Gasteiger partial charge in [-0.1, -0.05) is 46.4 Å². The van der Waals surface area contributed by atoms with E-state index in [1.165, 1.54) is 18.6 Å². The minimum atomic E-state index is 0.287. The summed E-state index contributed by atoms with van der Waals surface area (Å²) in [6.45, 7) is 13.6. The van der Waals surface area contributed by atoms with Crippen LogP contribution in [0, 0.1) is 11.3 Å². The van der Waals surface area contributed by atoms with E-state index in [1.807, 2.05) is 11.8 Å². The van der Waals surface area contributed by atoms with Crippen LogP contribution in [0.2, 0.25) is 0 Å². The van der Waals surface area contributed by atoms with Gasteiger partial charge in [-0.3, -0.25) is 4.99 Å². The van der Waals surface area contributed by atoms with Crippen molar-refractivity contribution in [3.05, 3.63) is 0 Å². The molecule has 0 aliphatic carbocycles. The Hall–Kier alpha value is -0.180. The third-order valence-corrected chi connectivity index (χ3v) is 4.03. The molecule has 2 unspecified atom stereocenters. The zero-order valence-electron chi connectivity index (χ0n) is 12.2. The summed E-state index contributed by atoms with van der Waals surface area (Å²) in [4.78, 5) is 4.87. The average molecular weight is 256 g/mol. The van der Waals surface area contributed by atoms with Gasteiger partial charge < -0.3 is 5.32 Å². The summed E-state index contributed by atoms with van der Waals surface area (Å²) in [5.74, 6) is 1.94. The standard InChI is InChI=1S/C14H28N2S/c1-10(2)9-11(3)15-13-16-12(7-8-17-13)14(4,5)6/h10-12H,7-9H2,1-6H3,(H,15,16). The Morgan fingerprint density at radius 1 is 1.35 bits per heavy atom. The first-order valence-electron chi connectivity index (χ1n) is 6.76. The second-order valence-electron chi connectivity index (χ2n) is 6.63. The highest BCUT2D eigenvalue weighted by atomic mass is 32.2. The number of nitrogens with zero attached hydrogens (tertiary/aromatic N) is 1. The molecule has 0 amide bonds. The lowest BCUT2D eigenvalue weighted by Gasteiger charge is -2.32. The minimum absolute atomic E-state index is 0.287. The molecule has 0 aromatic rings. The van der Waals surface area contributed by atoms with Crippen molar-refractivity contribution in [1.29, 1.82) is 0 Å². The molecular weight excluding hydrogens is 228 g/mol. The Labute approximate surface area is 111 Å². The second-order valence-corrected chi connectivity index (χ2v) is 7.71. The SMILES string of the molecule is CC(C)CC(C)NC1=NC(C(C)(C)C)CCS1. The van der Waals surface area contributed by atoms with Crippen molar-refractivity contribution in [2.75, 3.05) is 5.75 Å². The van der Waals surface area contributed by atoms with E-state index >= 15 is 0 Å². The molecule has 1 aliphatic rings. The smallest absolute Gasteiger partial charge is 0.157 e. The van der Waals surface area contributed by atoms with E-state index in [9.17, 15) is 0 Å². The quantitative estimate of drug-likeness (QED) is 0.827. The first-order valence-corrected chi connectivity index (χ1v) is 7.74. The summed E-state index contributed by atoms with van der Waals surface area (Å²) in [5, 5.41) is 4.72. The van der Waals surface area contributed by atoms with Crippen LogP contribution in [0.25, 0.3) is 0 Å². The van der Waals surface area contributed by atoms with Gasteiger partial charge in [0.05, 0.1) is 6.04 Å². The van der Waals surface area contributed by atoms with Gasteiger partial charge in [-0.2, -0.15) is 0 Å². The summed E-state index contributed by atoms with van der Waals surface area (Å²) in [7, 11) is 0. The van der Waals surface area contributed by atoms with Crippen LogP contribution in [-0.4, -0.2) is 23.0 Å². The summed E-state index contributed by atoms with van der Waals surface area (Å²) in [6, 6.07) is 0.998. The highest BCUT2D eigenvalue weighted by Gasteiger charge is 2.27. The maximum absolute atomic E-state index is 4.87. The first kappa shape index (κ1) is 14.9. The van der Waals surface area contributed by atoms with Gasteiger partial charge >= 0.3 is 0 Å². The van der Waals surface area contributed by atoms with Crippen molar-refractivity contribution in [1.82, 2.24) is 5.32 Å².